The zero-order valence-corrected chi connectivity index (χ0v) is 6.00. The van der Waals surface area contributed by atoms with Crippen LogP contribution >= 0.6 is 9.47 Å². The van der Waals surface area contributed by atoms with Crippen molar-refractivity contribution >= 4 is 9.47 Å². The van der Waals surface area contributed by atoms with Crippen molar-refractivity contribution in [2.75, 3.05) is 27.2 Å². The molecule has 0 saturated heterocycles. The molecule has 2 nitrogen and oxygen atoms in total. The molecule has 1 unspecified atom stereocenters. The highest BCUT2D eigenvalue weighted by atomic mass is 31.0. The maximum absolute atomic E-state index is 4.73. The average Bonchev–Trinajstić information content (AvgIpc) is 1.61. The van der Waals surface area contributed by atoms with Gasteiger partial charge in [-0.3, -0.25) is 0 Å². The first-order valence-corrected chi connectivity index (χ1v) is 2.71. The fraction of sp³-hybridized carbons (Fsp3) is 1.00. The molecule has 3 heteroatoms. The van der Waals surface area contributed by atoms with E-state index in [2.05, 4.69) is 14.4 Å². The fourth-order valence-corrected chi connectivity index (χ4v) is 0.341. The van der Waals surface area contributed by atoms with E-state index in [4.69, 9.17) is 4.52 Å². The number of hydrogen-bond donors (Lipinski definition) is 0. The van der Waals surface area contributed by atoms with Crippen LogP contribution in [0.3, 0.4) is 0 Å². The highest BCUT2D eigenvalue weighted by molar-refractivity contribution is 7.09. The molecule has 0 aromatic heterocycles. The van der Waals surface area contributed by atoms with Crippen LogP contribution in [-0.2, 0) is 4.52 Å². The summed E-state index contributed by atoms with van der Waals surface area (Å²) >= 11 is 0. The molecule has 0 aromatic carbocycles. The molecule has 0 rings (SSSR count). The first-order chi connectivity index (χ1) is 3.27. The molecular formula is C4H12NOP. The Morgan fingerprint density at radius 1 is 1.57 bits per heavy atom. The van der Waals surface area contributed by atoms with Crippen molar-refractivity contribution in [2.45, 2.75) is 0 Å². The summed E-state index contributed by atoms with van der Waals surface area (Å²) in [7, 11) is 6.25. The largest absolute Gasteiger partial charge is 0.364 e. The van der Waals surface area contributed by atoms with E-state index >= 15 is 0 Å². The standard InChI is InChI=1S/C4H12NOP/c1-5(2)3-4-6-7/h3-4,7H2,1-2H3. The smallest absolute Gasteiger partial charge is 0.0629 e. The van der Waals surface area contributed by atoms with Crippen molar-refractivity contribution in [1.29, 1.82) is 0 Å². The predicted molar refractivity (Wildman–Crippen MR) is 34.2 cm³/mol. The van der Waals surface area contributed by atoms with E-state index in [-0.39, 0.29) is 0 Å². The molecule has 0 heterocycles. The van der Waals surface area contributed by atoms with Crippen molar-refractivity contribution in [3.05, 3.63) is 0 Å². The Labute approximate surface area is 47.1 Å². The topological polar surface area (TPSA) is 12.5 Å². The van der Waals surface area contributed by atoms with Gasteiger partial charge in [-0.1, -0.05) is 0 Å². The van der Waals surface area contributed by atoms with Crippen LogP contribution in [0.4, 0.5) is 0 Å². The third-order valence-electron chi connectivity index (χ3n) is 0.656. The molecule has 0 amide bonds. The minimum Gasteiger partial charge on any atom is -0.364 e. The summed E-state index contributed by atoms with van der Waals surface area (Å²) in [6, 6.07) is 0. The van der Waals surface area contributed by atoms with Gasteiger partial charge in [0.25, 0.3) is 0 Å². The molecule has 0 saturated carbocycles. The van der Waals surface area contributed by atoms with Gasteiger partial charge in [-0.25, -0.2) is 0 Å². The third kappa shape index (κ3) is 6.35. The molecule has 0 N–H and O–H groups in total. The summed E-state index contributed by atoms with van der Waals surface area (Å²) in [5.74, 6) is 0. The van der Waals surface area contributed by atoms with Gasteiger partial charge >= 0.3 is 0 Å². The van der Waals surface area contributed by atoms with Crippen LogP contribution in [0.25, 0.3) is 0 Å². The van der Waals surface area contributed by atoms with E-state index in [0.29, 0.717) is 0 Å². The average molecular weight is 121 g/mol. The molecule has 0 aromatic rings. The molecule has 0 fully saturated rings. The number of nitrogens with zero attached hydrogens (tertiary/aromatic N) is 1. The van der Waals surface area contributed by atoms with E-state index in [1.807, 2.05) is 14.1 Å². The molecule has 1 atom stereocenters. The Hall–Kier alpha value is 0.350. The Balaban J connectivity index is 2.68. The number of hydrogen-bond acceptors (Lipinski definition) is 2. The monoisotopic (exact) mass is 121 g/mol. The van der Waals surface area contributed by atoms with E-state index < -0.39 is 0 Å². The summed E-state index contributed by atoms with van der Waals surface area (Å²) in [5.41, 5.74) is 0. The second-order valence-corrected chi connectivity index (χ2v) is 2.01. The summed E-state index contributed by atoms with van der Waals surface area (Å²) in [6.45, 7) is 1.78. The minimum absolute atomic E-state index is 0.789. The first kappa shape index (κ1) is 7.35. The quantitative estimate of drug-likeness (QED) is 0.500. The van der Waals surface area contributed by atoms with Crippen LogP contribution in [0.1, 0.15) is 0 Å². The van der Waals surface area contributed by atoms with Crippen LogP contribution in [0.5, 0.6) is 0 Å². The summed E-state index contributed by atoms with van der Waals surface area (Å²) in [6.07, 6.45) is 0. The van der Waals surface area contributed by atoms with Gasteiger partial charge < -0.3 is 9.42 Å². The fourth-order valence-electron chi connectivity index (χ4n) is 0.235. The SMILES string of the molecule is CN(C)CCOP. The van der Waals surface area contributed by atoms with Gasteiger partial charge in [-0.15, -0.1) is 0 Å². The molecule has 0 radical (unpaired) electrons. The number of rotatable bonds is 3. The van der Waals surface area contributed by atoms with Crippen molar-refractivity contribution in [2.24, 2.45) is 0 Å². The Kier molecular flexibility index (Phi) is 4.73. The highest BCUT2D eigenvalue weighted by Crippen LogP contribution is 1.83. The van der Waals surface area contributed by atoms with Crippen LogP contribution in [-0.4, -0.2) is 32.1 Å². The number of likely N-dealkylation sites (N-methyl/N-ethyl adjacent to an activating group) is 1. The second-order valence-electron chi connectivity index (χ2n) is 1.67. The summed E-state index contributed by atoms with van der Waals surface area (Å²) in [4.78, 5) is 2.07. The predicted octanol–water partition coefficient (Wildman–Crippen LogP) is 0.355. The van der Waals surface area contributed by atoms with Gasteiger partial charge in [0.2, 0.25) is 0 Å². The normalized spacial score (nSPS) is 10.3. The van der Waals surface area contributed by atoms with E-state index in [9.17, 15) is 0 Å². The third-order valence-corrected chi connectivity index (χ3v) is 0.892. The Bertz CT molecular complexity index is 40.7. The van der Waals surface area contributed by atoms with E-state index in [1.165, 1.54) is 0 Å². The van der Waals surface area contributed by atoms with Gasteiger partial charge in [-0.05, 0) is 14.1 Å². The molecule has 0 aliphatic heterocycles. The lowest BCUT2D eigenvalue weighted by Crippen LogP contribution is -2.16. The van der Waals surface area contributed by atoms with Crippen molar-refractivity contribution in [3.8, 4) is 0 Å². The lowest BCUT2D eigenvalue weighted by Gasteiger charge is -2.05. The van der Waals surface area contributed by atoms with Gasteiger partial charge in [0, 0.05) is 16.0 Å². The molecule has 44 valence electrons. The van der Waals surface area contributed by atoms with Crippen LogP contribution in [0.15, 0.2) is 0 Å². The van der Waals surface area contributed by atoms with Crippen molar-refractivity contribution in [3.63, 3.8) is 0 Å². The van der Waals surface area contributed by atoms with Crippen LogP contribution in [0, 0.1) is 0 Å². The molecule has 7 heavy (non-hydrogen) atoms. The van der Waals surface area contributed by atoms with E-state index in [0.717, 1.165) is 13.2 Å². The maximum atomic E-state index is 4.73. The Morgan fingerprint density at radius 3 is 2.29 bits per heavy atom. The molecule has 0 bridgehead atoms. The van der Waals surface area contributed by atoms with Crippen molar-refractivity contribution in [1.82, 2.24) is 4.90 Å². The zero-order valence-electron chi connectivity index (χ0n) is 4.85. The first-order valence-electron chi connectivity index (χ1n) is 2.24. The minimum atomic E-state index is 0.789. The second kappa shape index (κ2) is 4.51. The lowest BCUT2D eigenvalue weighted by atomic mass is 10.6. The molecule has 0 aliphatic carbocycles. The molecule has 0 aliphatic rings. The lowest BCUT2D eigenvalue weighted by molar-refractivity contribution is 0.292. The summed E-state index contributed by atoms with van der Waals surface area (Å²) in [5, 5.41) is 0. The molecular weight excluding hydrogens is 109 g/mol. The van der Waals surface area contributed by atoms with Gasteiger partial charge in [0.05, 0.1) is 6.61 Å². The van der Waals surface area contributed by atoms with Crippen LogP contribution < -0.4 is 0 Å². The van der Waals surface area contributed by atoms with Gasteiger partial charge in [-0.2, -0.15) is 0 Å². The molecule has 0 spiro atoms. The van der Waals surface area contributed by atoms with Gasteiger partial charge in [0.15, 0.2) is 0 Å². The van der Waals surface area contributed by atoms with E-state index in [1.54, 1.807) is 0 Å². The highest BCUT2D eigenvalue weighted by Gasteiger charge is 1.83. The maximum Gasteiger partial charge on any atom is 0.0629 e. The van der Waals surface area contributed by atoms with Crippen molar-refractivity contribution < 1.29 is 4.52 Å². The summed E-state index contributed by atoms with van der Waals surface area (Å²) < 4.78 is 4.73. The van der Waals surface area contributed by atoms with Gasteiger partial charge in [0.1, 0.15) is 0 Å². The van der Waals surface area contributed by atoms with Crippen LogP contribution in [0.2, 0.25) is 0 Å². The Morgan fingerprint density at radius 2 is 2.14 bits per heavy atom. The zero-order chi connectivity index (χ0) is 5.70.